The number of rotatable bonds is 7. The largest absolute Gasteiger partial charge is 0.360 e. The first-order chi connectivity index (χ1) is 11.9. The Hall–Kier alpha value is -1.58. The number of fused-ring (bicyclic) bond motifs is 1. The van der Waals surface area contributed by atoms with Crippen molar-refractivity contribution in [1.82, 2.24) is 24.1 Å². The normalized spacial score (nSPS) is 12.2. The zero-order valence-electron chi connectivity index (χ0n) is 15.1. The third-order valence-corrected chi connectivity index (χ3v) is 6.19. The maximum atomic E-state index is 5.92. The van der Waals surface area contributed by atoms with E-state index in [1.165, 1.54) is 11.8 Å². The molecule has 0 saturated carbocycles. The van der Waals surface area contributed by atoms with E-state index < -0.39 is 8.07 Å². The molecule has 3 heterocycles. The molecule has 0 saturated heterocycles. The van der Waals surface area contributed by atoms with E-state index in [4.69, 9.17) is 12.6 Å². The van der Waals surface area contributed by atoms with Gasteiger partial charge in [-0.1, -0.05) is 19.6 Å². The Morgan fingerprint density at radius 3 is 2.76 bits per heavy atom. The topological polar surface area (TPSA) is 57.2 Å². The second kappa shape index (κ2) is 7.35. The molecule has 0 aromatic carbocycles. The van der Waals surface area contributed by atoms with E-state index >= 15 is 0 Å². The van der Waals surface area contributed by atoms with Gasteiger partial charge in [0.25, 0.3) is 0 Å². The summed E-state index contributed by atoms with van der Waals surface area (Å²) in [6.45, 7) is 8.27. The minimum absolute atomic E-state index is 0.459. The molecule has 0 spiro atoms. The molecule has 0 fully saturated rings. The van der Waals surface area contributed by atoms with Crippen molar-refractivity contribution >= 4 is 38.9 Å². The van der Waals surface area contributed by atoms with Gasteiger partial charge in [-0.25, -0.2) is 9.67 Å². The van der Waals surface area contributed by atoms with E-state index in [2.05, 4.69) is 34.7 Å². The first kappa shape index (κ1) is 18.2. The smallest absolute Gasteiger partial charge is 0.170 e. The van der Waals surface area contributed by atoms with Gasteiger partial charge in [-0.15, -0.1) is 11.8 Å². The molecule has 3 aromatic heterocycles. The highest BCUT2D eigenvalue weighted by Gasteiger charge is 2.14. The molecule has 3 rings (SSSR count). The monoisotopic (exact) mass is 371 g/mol. The molecule has 0 aliphatic heterocycles. The first-order valence-corrected chi connectivity index (χ1v) is 13.1. The lowest BCUT2D eigenvalue weighted by atomic mass is 10.1. The number of hydrogen-bond acceptors (Lipinski definition) is 5. The zero-order valence-corrected chi connectivity index (χ0v) is 16.9. The van der Waals surface area contributed by atoms with Crippen molar-refractivity contribution < 1.29 is 4.74 Å². The zero-order chi connectivity index (χ0) is 18.0. The molecule has 0 bridgehead atoms. The lowest BCUT2D eigenvalue weighted by Crippen LogP contribution is -2.22. The Labute approximate surface area is 154 Å². The van der Waals surface area contributed by atoms with Crippen LogP contribution < -0.4 is 5.59 Å². The highest BCUT2D eigenvalue weighted by atomic mass is 32.2. The van der Waals surface area contributed by atoms with Crippen LogP contribution in [0.1, 0.15) is 0 Å². The number of aromatic nitrogens is 5. The summed E-state index contributed by atoms with van der Waals surface area (Å²) in [5, 5.41) is 5.20. The lowest BCUT2D eigenvalue weighted by Gasteiger charge is -2.15. The van der Waals surface area contributed by atoms with Crippen molar-refractivity contribution in [3.8, 4) is 11.3 Å². The fraction of sp³-hybridized carbons (Fsp3) is 0.438. The quantitative estimate of drug-likeness (QED) is 0.363. The van der Waals surface area contributed by atoms with E-state index in [0.29, 0.717) is 12.3 Å². The van der Waals surface area contributed by atoms with Gasteiger partial charge in [0.05, 0.1) is 18.1 Å². The summed E-state index contributed by atoms with van der Waals surface area (Å²) >= 11 is 1.53. The van der Waals surface area contributed by atoms with E-state index in [1.807, 2.05) is 29.2 Å². The molecule has 130 valence electrons. The molecule has 25 heavy (non-hydrogen) atoms. The van der Waals surface area contributed by atoms with Crippen LogP contribution in [0.2, 0.25) is 25.7 Å². The average Bonchev–Trinajstić information content (AvgIpc) is 3.16. The molecule has 0 amide bonds. The van der Waals surface area contributed by atoms with Gasteiger partial charge in [-0.3, -0.25) is 9.38 Å². The van der Waals surface area contributed by atoms with Crippen LogP contribution in [-0.4, -0.2) is 52.9 Å². The van der Waals surface area contributed by atoms with Gasteiger partial charge in [0.2, 0.25) is 0 Å². The van der Waals surface area contributed by atoms with Crippen LogP contribution in [0.4, 0.5) is 0 Å². The summed E-state index contributed by atoms with van der Waals surface area (Å²) in [6.07, 6.45) is 9.36. The molecule has 9 heteroatoms. The Bertz CT molecular complexity index is 873. The predicted molar refractivity (Wildman–Crippen MR) is 105 cm³/mol. The standard InChI is InChI=1S/C16H22BN5OSSi/c1-24-16-15-18-8-13(22(15)10-14(17)20-16)12-7-19-21(9-12)11-23-5-6-25(2,3)4/h7-10H,5-6,11H2,1-4H3. The molecule has 6 nitrogen and oxygen atoms in total. The fourth-order valence-corrected chi connectivity index (χ4v) is 3.72. The molecule has 0 unspecified atom stereocenters. The highest BCUT2D eigenvalue weighted by Crippen LogP contribution is 2.24. The Morgan fingerprint density at radius 1 is 1.24 bits per heavy atom. The summed E-state index contributed by atoms with van der Waals surface area (Å²) in [7, 11) is 4.85. The van der Waals surface area contributed by atoms with E-state index in [0.717, 1.165) is 34.6 Å². The molecule has 3 aromatic rings. The summed E-state index contributed by atoms with van der Waals surface area (Å²) in [4.78, 5) is 8.80. The van der Waals surface area contributed by atoms with Crippen molar-refractivity contribution in [2.45, 2.75) is 37.4 Å². The van der Waals surface area contributed by atoms with E-state index in [9.17, 15) is 0 Å². The number of ether oxygens (including phenoxy) is 1. The Balaban J connectivity index is 1.76. The molecule has 0 atom stereocenters. The van der Waals surface area contributed by atoms with Crippen molar-refractivity contribution in [1.29, 1.82) is 0 Å². The predicted octanol–water partition coefficient (Wildman–Crippen LogP) is 2.42. The van der Waals surface area contributed by atoms with Gasteiger partial charge in [0.1, 0.15) is 19.6 Å². The third kappa shape index (κ3) is 4.34. The van der Waals surface area contributed by atoms with E-state index in [-0.39, 0.29) is 0 Å². The molecule has 2 radical (unpaired) electrons. The van der Waals surface area contributed by atoms with Crippen molar-refractivity contribution in [3.63, 3.8) is 0 Å². The maximum absolute atomic E-state index is 5.92. The van der Waals surface area contributed by atoms with Crippen molar-refractivity contribution in [2.75, 3.05) is 12.9 Å². The molecule has 0 N–H and O–H groups in total. The fourth-order valence-electron chi connectivity index (χ4n) is 2.43. The van der Waals surface area contributed by atoms with Gasteiger partial charge in [0, 0.05) is 38.2 Å². The average molecular weight is 371 g/mol. The number of hydrogen-bond donors (Lipinski definition) is 0. The van der Waals surface area contributed by atoms with Crippen LogP contribution in [-0.2, 0) is 11.5 Å². The lowest BCUT2D eigenvalue weighted by molar-refractivity contribution is 0.0786. The minimum Gasteiger partial charge on any atom is -0.360 e. The van der Waals surface area contributed by atoms with Crippen LogP contribution in [0.15, 0.2) is 29.8 Å². The van der Waals surface area contributed by atoms with Gasteiger partial charge < -0.3 is 4.74 Å². The van der Waals surface area contributed by atoms with Gasteiger partial charge >= 0.3 is 0 Å². The first-order valence-electron chi connectivity index (χ1n) is 8.15. The van der Waals surface area contributed by atoms with Crippen molar-refractivity contribution in [2.24, 2.45) is 0 Å². The third-order valence-electron chi connectivity index (χ3n) is 3.82. The molecule has 0 aliphatic rings. The van der Waals surface area contributed by atoms with Crippen LogP contribution in [0.3, 0.4) is 0 Å². The SMILES string of the molecule is [B]c1cn2c(-c3cnn(COCC[Si](C)(C)C)c3)cnc2c(SC)n1. The minimum atomic E-state index is -1.06. The maximum Gasteiger partial charge on any atom is 0.170 e. The summed E-state index contributed by atoms with van der Waals surface area (Å²) < 4.78 is 9.51. The van der Waals surface area contributed by atoms with Crippen LogP contribution in [0, 0.1) is 0 Å². The van der Waals surface area contributed by atoms with Crippen LogP contribution >= 0.6 is 11.8 Å². The summed E-state index contributed by atoms with van der Waals surface area (Å²) in [5.74, 6) is 0. The second-order valence-corrected chi connectivity index (χ2v) is 13.5. The van der Waals surface area contributed by atoms with Gasteiger partial charge in [-0.05, 0) is 12.3 Å². The Morgan fingerprint density at radius 2 is 2.04 bits per heavy atom. The number of thioether (sulfide) groups is 1. The summed E-state index contributed by atoms with van der Waals surface area (Å²) in [5.41, 5.74) is 3.18. The van der Waals surface area contributed by atoms with Gasteiger partial charge in [0.15, 0.2) is 5.65 Å². The number of imidazole rings is 1. The van der Waals surface area contributed by atoms with Crippen molar-refractivity contribution in [3.05, 3.63) is 24.8 Å². The number of nitrogens with zero attached hydrogens (tertiary/aromatic N) is 5. The van der Waals surface area contributed by atoms with Crippen LogP contribution in [0.25, 0.3) is 16.9 Å². The Kier molecular flexibility index (Phi) is 5.35. The highest BCUT2D eigenvalue weighted by molar-refractivity contribution is 7.98. The van der Waals surface area contributed by atoms with E-state index in [1.54, 1.807) is 10.9 Å². The van der Waals surface area contributed by atoms with Crippen LogP contribution in [0.5, 0.6) is 0 Å². The summed E-state index contributed by atoms with van der Waals surface area (Å²) in [6, 6.07) is 1.15. The second-order valence-electron chi connectivity index (χ2n) is 7.13. The molecule has 0 aliphatic carbocycles. The molecular formula is C16H22BN5OSSi. The molecular weight excluding hydrogens is 349 g/mol. The van der Waals surface area contributed by atoms with Gasteiger partial charge in [-0.2, -0.15) is 5.10 Å².